The maximum absolute atomic E-state index is 13.8. The quantitative estimate of drug-likeness (QED) is 0.455. The lowest BCUT2D eigenvalue weighted by Gasteiger charge is -2.12. The number of hydrogen-bond acceptors (Lipinski definition) is 5. The molecule has 31 heavy (non-hydrogen) atoms. The predicted molar refractivity (Wildman–Crippen MR) is 109 cm³/mol. The van der Waals surface area contributed by atoms with E-state index < -0.39 is 17.8 Å². The summed E-state index contributed by atoms with van der Waals surface area (Å²) >= 11 is 0. The number of nitrogens with zero attached hydrogens (tertiary/aromatic N) is 1. The van der Waals surface area contributed by atoms with E-state index in [9.17, 15) is 13.6 Å². The molecule has 2 heterocycles. The number of hydrogen-bond donors (Lipinski definition) is 2. The van der Waals surface area contributed by atoms with E-state index in [2.05, 4.69) is 4.98 Å². The van der Waals surface area contributed by atoms with E-state index in [4.69, 9.17) is 20.0 Å². The normalized spacial score (nSPS) is 11.1. The summed E-state index contributed by atoms with van der Waals surface area (Å²) in [4.78, 5) is 15.2. The molecule has 0 atom stereocenters. The third-order valence-electron chi connectivity index (χ3n) is 4.74. The van der Waals surface area contributed by atoms with E-state index in [0.717, 1.165) is 11.6 Å². The van der Waals surface area contributed by atoms with Gasteiger partial charge in [0.25, 0.3) is 6.01 Å². The Bertz CT molecular complexity index is 1270. The highest BCUT2D eigenvalue weighted by Gasteiger charge is 2.15. The first-order valence-corrected chi connectivity index (χ1v) is 9.43. The Hall–Kier alpha value is -3.78. The molecule has 0 bridgehead atoms. The molecule has 3 N–H and O–H groups in total. The topological polar surface area (TPSA) is 98.6 Å². The third-order valence-corrected chi connectivity index (χ3v) is 4.74. The Kier molecular flexibility index (Phi) is 5.64. The van der Waals surface area contributed by atoms with Crippen LogP contribution in [0.3, 0.4) is 0 Å². The van der Waals surface area contributed by atoms with Crippen LogP contribution in [0.2, 0.25) is 0 Å². The monoisotopic (exact) mass is 424 g/mol. The Morgan fingerprint density at radius 3 is 2.74 bits per heavy atom. The minimum atomic E-state index is -1.10. The van der Waals surface area contributed by atoms with Crippen molar-refractivity contribution in [2.75, 3.05) is 0 Å². The zero-order valence-corrected chi connectivity index (χ0v) is 16.3. The van der Waals surface area contributed by atoms with Gasteiger partial charge in [-0.05, 0) is 53.6 Å². The molecule has 0 saturated carbocycles. The van der Waals surface area contributed by atoms with Gasteiger partial charge >= 0.3 is 5.97 Å². The minimum Gasteiger partial charge on any atom is -0.489 e. The summed E-state index contributed by atoms with van der Waals surface area (Å²) in [6, 6.07) is 11.4. The fraction of sp³-hybridized carbons (Fsp3) is 0.130. The average molecular weight is 424 g/mol. The summed E-state index contributed by atoms with van der Waals surface area (Å²) in [6.07, 6.45) is 1.24. The first-order valence-electron chi connectivity index (χ1n) is 9.43. The highest BCUT2D eigenvalue weighted by atomic mass is 19.1. The molecule has 4 rings (SSSR count). The van der Waals surface area contributed by atoms with E-state index in [1.54, 1.807) is 30.5 Å². The van der Waals surface area contributed by atoms with Crippen molar-refractivity contribution in [3.8, 4) is 16.9 Å². The van der Waals surface area contributed by atoms with Crippen LogP contribution in [0.15, 0.2) is 59.1 Å². The molecule has 0 aliphatic carbocycles. The van der Waals surface area contributed by atoms with Crippen molar-refractivity contribution in [1.29, 1.82) is 0 Å². The molecule has 0 spiro atoms. The van der Waals surface area contributed by atoms with Crippen LogP contribution >= 0.6 is 0 Å². The van der Waals surface area contributed by atoms with Gasteiger partial charge in [-0.25, -0.2) is 4.39 Å². The Morgan fingerprint density at radius 1 is 1.13 bits per heavy atom. The van der Waals surface area contributed by atoms with E-state index in [0.29, 0.717) is 27.8 Å². The molecule has 0 saturated heterocycles. The van der Waals surface area contributed by atoms with Gasteiger partial charge in [-0.2, -0.15) is 4.39 Å². The van der Waals surface area contributed by atoms with Crippen molar-refractivity contribution in [2.45, 2.75) is 19.6 Å². The van der Waals surface area contributed by atoms with Crippen molar-refractivity contribution in [2.24, 2.45) is 5.73 Å². The third kappa shape index (κ3) is 4.54. The second kappa shape index (κ2) is 8.53. The number of rotatable bonds is 7. The van der Waals surface area contributed by atoms with Gasteiger partial charge in [0.15, 0.2) is 0 Å². The predicted octanol–water partition coefficient (Wildman–Crippen LogP) is 4.44. The summed E-state index contributed by atoms with van der Waals surface area (Å²) in [5.41, 5.74) is 9.05. The van der Waals surface area contributed by atoms with E-state index >= 15 is 0 Å². The first kappa shape index (κ1) is 20.5. The fourth-order valence-electron chi connectivity index (χ4n) is 3.39. The largest absolute Gasteiger partial charge is 0.489 e. The van der Waals surface area contributed by atoms with Gasteiger partial charge in [-0.3, -0.25) is 9.78 Å². The standard InChI is InChI=1S/C23H18F2N2O4/c24-17-1-2-20(15(7-17)10-22(28)29)30-12-13-5-16-9-21(25)31-23(16)19(6-13)14-3-4-27-18(8-14)11-26/h1-9H,10-12,26H2,(H,28,29). The molecule has 158 valence electrons. The van der Waals surface area contributed by atoms with Crippen LogP contribution in [0, 0.1) is 11.8 Å². The summed E-state index contributed by atoms with van der Waals surface area (Å²) in [7, 11) is 0. The molecule has 4 aromatic rings. The Labute approximate surface area is 175 Å². The molecule has 0 unspecified atom stereocenters. The van der Waals surface area contributed by atoms with Crippen LogP contribution in [0.4, 0.5) is 8.78 Å². The van der Waals surface area contributed by atoms with Crippen LogP contribution in [0.25, 0.3) is 22.1 Å². The summed E-state index contributed by atoms with van der Waals surface area (Å²) in [5, 5.41) is 9.60. The molecule has 2 aromatic heterocycles. The molecule has 0 radical (unpaired) electrons. The van der Waals surface area contributed by atoms with E-state index in [1.165, 1.54) is 18.2 Å². The van der Waals surface area contributed by atoms with Gasteiger partial charge in [-0.15, -0.1) is 0 Å². The summed E-state index contributed by atoms with van der Waals surface area (Å²) < 4.78 is 38.4. The number of halogens is 2. The molecule has 0 aliphatic heterocycles. The van der Waals surface area contributed by atoms with Gasteiger partial charge in [0, 0.05) is 35.3 Å². The smallest absolute Gasteiger partial charge is 0.307 e. The van der Waals surface area contributed by atoms with Crippen LogP contribution in [0.1, 0.15) is 16.8 Å². The second-order valence-corrected chi connectivity index (χ2v) is 6.96. The second-order valence-electron chi connectivity index (χ2n) is 6.96. The van der Waals surface area contributed by atoms with Crippen molar-refractivity contribution in [3.63, 3.8) is 0 Å². The molecule has 0 fully saturated rings. The fourth-order valence-corrected chi connectivity index (χ4v) is 3.39. The number of carbonyl (C=O) groups is 1. The van der Waals surface area contributed by atoms with E-state index in [1.807, 2.05) is 0 Å². The number of carboxylic acids is 1. The lowest BCUT2D eigenvalue weighted by molar-refractivity contribution is -0.136. The van der Waals surface area contributed by atoms with Crippen molar-refractivity contribution in [3.05, 3.63) is 83.4 Å². The van der Waals surface area contributed by atoms with Gasteiger partial charge in [0.05, 0.1) is 12.1 Å². The highest BCUT2D eigenvalue weighted by Crippen LogP contribution is 2.33. The van der Waals surface area contributed by atoms with Gasteiger partial charge < -0.3 is 20.0 Å². The highest BCUT2D eigenvalue weighted by molar-refractivity contribution is 5.93. The van der Waals surface area contributed by atoms with Crippen molar-refractivity contribution in [1.82, 2.24) is 4.98 Å². The van der Waals surface area contributed by atoms with E-state index in [-0.39, 0.29) is 30.9 Å². The van der Waals surface area contributed by atoms with Gasteiger partial charge in [-0.1, -0.05) is 0 Å². The number of benzene rings is 2. The molecule has 2 aromatic carbocycles. The van der Waals surface area contributed by atoms with Crippen molar-refractivity contribution < 1.29 is 27.8 Å². The maximum Gasteiger partial charge on any atom is 0.307 e. The SMILES string of the molecule is NCc1cc(-c2cc(COc3ccc(F)cc3CC(=O)O)cc3cc(F)oc23)ccn1. The summed E-state index contributed by atoms with van der Waals surface area (Å²) in [5.74, 6) is -1.38. The number of aromatic nitrogens is 1. The number of ether oxygens (including phenoxy) is 1. The molecule has 8 heteroatoms. The molecular formula is C23H18F2N2O4. The number of carboxylic acid groups (broad SMARTS) is 1. The zero-order chi connectivity index (χ0) is 22.0. The number of furan rings is 1. The van der Waals surface area contributed by atoms with Crippen LogP contribution in [-0.4, -0.2) is 16.1 Å². The number of nitrogens with two attached hydrogens (primary N) is 1. The minimum absolute atomic E-state index is 0.0584. The first-order chi connectivity index (χ1) is 14.9. The molecule has 0 aliphatic rings. The van der Waals surface area contributed by atoms with Crippen LogP contribution in [-0.2, 0) is 24.4 Å². The number of fused-ring (bicyclic) bond motifs is 1. The number of pyridine rings is 1. The maximum atomic E-state index is 13.8. The van der Waals surface area contributed by atoms with Gasteiger partial charge in [0.2, 0.25) is 0 Å². The average Bonchev–Trinajstić information content (AvgIpc) is 3.12. The summed E-state index contributed by atoms with van der Waals surface area (Å²) in [6.45, 7) is 0.312. The van der Waals surface area contributed by atoms with Crippen LogP contribution in [0.5, 0.6) is 5.75 Å². The van der Waals surface area contributed by atoms with Crippen molar-refractivity contribution >= 4 is 16.9 Å². The van der Waals surface area contributed by atoms with Crippen LogP contribution < -0.4 is 10.5 Å². The zero-order valence-electron chi connectivity index (χ0n) is 16.3. The molecule has 6 nitrogen and oxygen atoms in total. The molecular weight excluding hydrogens is 406 g/mol. The lowest BCUT2D eigenvalue weighted by Crippen LogP contribution is -2.05. The lowest BCUT2D eigenvalue weighted by atomic mass is 10.0. The number of aliphatic carboxylic acids is 1. The molecule has 0 amide bonds. The van der Waals surface area contributed by atoms with Gasteiger partial charge in [0.1, 0.15) is 23.8 Å². The Morgan fingerprint density at radius 2 is 1.97 bits per heavy atom. The Balaban J connectivity index is 1.70.